The molecule has 1 amide bonds. The van der Waals surface area contributed by atoms with Crippen LogP contribution in [0.4, 0.5) is 13.2 Å². The van der Waals surface area contributed by atoms with Gasteiger partial charge in [-0.1, -0.05) is 6.92 Å². The lowest BCUT2D eigenvalue weighted by molar-refractivity contribution is -0.272. The molecule has 1 aliphatic carbocycles. The minimum atomic E-state index is -4.60. The number of carbonyl (C=O) groups excluding carboxylic acids is 1. The zero-order valence-corrected chi connectivity index (χ0v) is 9.63. The van der Waals surface area contributed by atoms with Gasteiger partial charge in [-0.05, 0) is 12.3 Å². The number of likely N-dealkylation sites (tertiary alicyclic amines) is 1. The molecule has 2 atom stereocenters. The zero-order chi connectivity index (χ0) is 12.8. The molecule has 17 heavy (non-hydrogen) atoms. The first-order chi connectivity index (χ1) is 7.74. The van der Waals surface area contributed by atoms with Gasteiger partial charge in [-0.2, -0.15) is 13.2 Å². The van der Waals surface area contributed by atoms with Gasteiger partial charge in [0.15, 0.2) is 5.60 Å². The Morgan fingerprint density at radius 1 is 1.35 bits per heavy atom. The van der Waals surface area contributed by atoms with Crippen molar-refractivity contribution in [2.45, 2.75) is 38.0 Å². The van der Waals surface area contributed by atoms with E-state index in [0.717, 1.165) is 6.42 Å². The normalized spacial score (nSPS) is 32.4. The van der Waals surface area contributed by atoms with E-state index in [1.807, 2.05) is 6.92 Å². The highest BCUT2D eigenvalue weighted by Gasteiger charge is 2.55. The van der Waals surface area contributed by atoms with Crippen molar-refractivity contribution in [3.05, 3.63) is 0 Å². The third-order valence-corrected chi connectivity index (χ3v) is 3.86. The second-order valence-corrected chi connectivity index (χ2v) is 5.17. The molecule has 0 radical (unpaired) electrons. The molecule has 2 rings (SSSR count). The summed E-state index contributed by atoms with van der Waals surface area (Å²) in [4.78, 5) is 13.2. The van der Waals surface area contributed by atoms with Gasteiger partial charge >= 0.3 is 6.18 Å². The zero-order valence-electron chi connectivity index (χ0n) is 9.63. The number of alkyl halides is 3. The summed E-state index contributed by atoms with van der Waals surface area (Å²) in [6.07, 6.45) is -4.60. The lowest BCUT2D eigenvalue weighted by Gasteiger charge is -2.39. The molecule has 2 fully saturated rings. The number of hydrogen-bond acceptors (Lipinski definition) is 2. The summed E-state index contributed by atoms with van der Waals surface area (Å²) in [5.41, 5.74) is -2.61. The number of aliphatic hydroxyl groups is 1. The monoisotopic (exact) mass is 251 g/mol. The highest BCUT2D eigenvalue weighted by Crippen LogP contribution is 2.42. The highest BCUT2D eigenvalue weighted by molar-refractivity contribution is 5.81. The number of piperidine rings is 1. The molecule has 1 N–H and O–H groups in total. The molecule has 2 unspecified atom stereocenters. The van der Waals surface area contributed by atoms with E-state index in [1.165, 1.54) is 4.90 Å². The fraction of sp³-hybridized carbons (Fsp3) is 0.909. The van der Waals surface area contributed by atoms with Crippen LogP contribution >= 0.6 is 0 Å². The van der Waals surface area contributed by atoms with Gasteiger partial charge in [0.25, 0.3) is 0 Å². The lowest BCUT2D eigenvalue weighted by Crippen LogP contribution is -2.54. The predicted molar refractivity (Wildman–Crippen MR) is 54.1 cm³/mol. The first-order valence-electron chi connectivity index (χ1n) is 5.82. The second kappa shape index (κ2) is 3.86. The third kappa shape index (κ3) is 2.27. The molecule has 0 aromatic carbocycles. The van der Waals surface area contributed by atoms with Crippen LogP contribution in [-0.4, -0.2) is 40.8 Å². The molecular formula is C11H16F3NO2. The van der Waals surface area contributed by atoms with Crippen LogP contribution in [0.1, 0.15) is 26.2 Å². The highest BCUT2D eigenvalue weighted by atomic mass is 19.4. The Morgan fingerprint density at radius 3 is 2.18 bits per heavy atom. The van der Waals surface area contributed by atoms with Gasteiger partial charge in [-0.25, -0.2) is 0 Å². The van der Waals surface area contributed by atoms with Crippen LogP contribution in [-0.2, 0) is 4.79 Å². The number of rotatable bonds is 1. The smallest absolute Gasteiger partial charge is 0.380 e. The SMILES string of the molecule is CC1CC1C(=O)N1CCC(O)(C(F)(F)F)CC1. The van der Waals surface area contributed by atoms with Crippen LogP contribution in [0.2, 0.25) is 0 Å². The molecule has 0 bridgehead atoms. The fourth-order valence-electron chi connectivity index (χ4n) is 2.28. The number of halogens is 3. The van der Waals surface area contributed by atoms with Crippen molar-refractivity contribution >= 4 is 5.91 Å². The molecule has 3 nitrogen and oxygen atoms in total. The summed E-state index contributed by atoms with van der Waals surface area (Å²) in [5, 5.41) is 9.45. The van der Waals surface area contributed by atoms with E-state index >= 15 is 0 Å². The number of carbonyl (C=O) groups is 1. The van der Waals surface area contributed by atoms with E-state index in [9.17, 15) is 23.1 Å². The summed E-state index contributed by atoms with van der Waals surface area (Å²) in [7, 11) is 0. The number of hydrogen-bond donors (Lipinski definition) is 1. The summed E-state index contributed by atoms with van der Waals surface area (Å²) in [5.74, 6) is 0.291. The Bertz CT molecular complexity index is 321. The molecule has 6 heteroatoms. The minimum absolute atomic E-state index is 0.00192. The van der Waals surface area contributed by atoms with E-state index in [1.54, 1.807) is 0 Å². The van der Waals surface area contributed by atoms with E-state index in [2.05, 4.69) is 0 Å². The Kier molecular flexibility index (Phi) is 2.88. The van der Waals surface area contributed by atoms with E-state index < -0.39 is 24.6 Å². The number of nitrogens with zero attached hydrogens (tertiary/aromatic N) is 1. The standard InChI is InChI=1S/C11H16F3NO2/c1-7-6-8(7)9(16)15-4-2-10(17,3-5-15)11(12,13)14/h7-8,17H,2-6H2,1H3. The molecule has 0 spiro atoms. The van der Waals surface area contributed by atoms with Gasteiger partial charge in [0.05, 0.1) is 0 Å². The van der Waals surface area contributed by atoms with Crippen LogP contribution in [0.5, 0.6) is 0 Å². The molecule has 98 valence electrons. The summed E-state index contributed by atoms with van der Waals surface area (Å²) < 4.78 is 37.6. The first kappa shape index (κ1) is 12.7. The molecular weight excluding hydrogens is 235 g/mol. The molecule has 0 aromatic heterocycles. The Morgan fingerprint density at radius 2 is 1.82 bits per heavy atom. The van der Waals surface area contributed by atoms with Crippen LogP contribution < -0.4 is 0 Å². The Balaban J connectivity index is 1.92. The largest absolute Gasteiger partial charge is 0.417 e. The molecule has 1 heterocycles. The van der Waals surface area contributed by atoms with E-state index in [0.29, 0.717) is 5.92 Å². The minimum Gasteiger partial charge on any atom is -0.380 e. The lowest BCUT2D eigenvalue weighted by atomic mass is 9.90. The van der Waals surface area contributed by atoms with Gasteiger partial charge in [0, 0.05) is 31.8 Å². The first-order valence-corrected chi connectivity index (χ1v) is 5.82. The maximum Gasteiger partial charge on any atom is 0.417 e. The van der Waals surface area contributed by atoms with Crippen molar-refractivity contribution in [1.29, 1.82) is 0 Å². The van der Waals surface area contributed by atoms with Crippen molar-refractivity contribution in [1.82, 2.24) is 4.90 Å². The number of amides is 1. The third-order valence-electron chi connectivity index (χ3n) is 3.86. The Hall–Kier alpha value is -0.780. The van der Waals surface area contributed by atoms with Crippen molar-refractivity contribution in [2.24, 2.45) is 11.8 Å². The van der Waals surface area contributed by atoms with Gasteiger partial charge < -0.3 is 10.0 Å². The van der Waals surface area contributed by atoms with Gasteiger partial charge in [0.2, 0.25) is 5.91 Å². The van der Waals surface area contributed by atoms with Gasteiger partial charge in [-0.3, -0.25) is 4.79 Å². The average Bonchev–Trinajstić information content (AvgIpc) is 2.94. The molecule has 1 saturated heterocycles. The quantitative estimate of drug-likeness (QED) is 0.768. The Labute approximate surface area is 97.6 Å². The maximum atomic E-state index is 12.5. The van der Waals surface area contributed by atoms with Crippen molar-refractivity contribution in [2.75, 3.05) is 13.1 Å². The summed E-state index contributed by atoms with van der Waals surface area (Å²) in [6.45, 7) is 1.95. The van der Waals surface area contributed by atoms with Gasteiger partial charge in [-0.15, -0.1) is 0 Å². The topological polar surface area (TPSA) is 40.5 Å². The fourth-order valence-corrected chi connectivity index (χ4v) is 2.28. The van der Waals surface area contributed by atoms with Gasteiger partial charge in [0.1, 0.15) is 0 Å². The molecule has 0 aromatic rings. The van der Waals surface area contributed by atoms with Crippen molar-refractivity contribution < 1.29 is 23.1 Å². The predicted octanol–water partition coefficient (Wildman–Crippen LogP) is 1.56. The molecule has 2 aliphatic rings. The van der Waals surface area contributed by atoms with E-state index in [4.69, 9.17) is 0 Å². The molecule has 1 saturated carbocycles. The van der Waals surface area contributed by atoms with Crippen LogP contribution in [0.3, 0.4) is 0 Å². The summed E-state index contributed by atoms with van der Waals surface area (Å²) >= 11 is 0. The second-order valence-electron chi connectivity index (χ2n) is 5.17. The van der Waals surface area contributed by atoms with Crippen molar-refractivity contribution in [3.63, 3.8) is 0 Å². The van der Waals surface area contributed by atoms with Crippen LogP contribution in [0, 0.1) is 11.8 Å². The average molecular weight is 251 g/mol. The van der Waals surface area contributed by atoms with Crippen LogP contribution in [0.25, 0.3) is 0 Å². The molecule has 1 aliphatic heterocycles. The maximum absolute atomic E-state index is 12.5. The summed E-state index contributed by atoms with van der Waals surface area (Å²) in [6, 6.07) is 0. The van der Waals surface area contributed by atoms with Crippen molar-refractivity contribution in [3.8, 4) is 0 Å². The van der Waals surface area contributed by atoms with E-state index in [-0.39, 0.29) is 24.9 Å². The van der Waals surface area contributed by atoms with Crippen LogP contribution in [0.15, 0.2) is 0 Å².